The van der Waals surface area contributed by atoms with Crippen LogP contribution < -0.4 is 0 Å². The molecule has 0 unspecified atom stereocenters. The quantitative estimate of drug-likeness (QED) is 0.183. The summed E-state index contributed by atoms with van der Waals surface area (Å²) in [6.07, 6.45) is 15.8. The lowest BCUT2D eigenvalue weighted by Gasteiger charge is -2.21. The summed E-state index contributed by atoms with van der Waals surface area (Å²) in [5.74, 6) is -0.264. The highest BCUT2D eigenvalue weighted by molar-refractivity contribution is 5.75. The molecule has 0 aromatic rings. The van der Waals surface area contributed by atoms with E-state index in [1.54, 1.807) is 0 Å². The molecule has 0 rings (SSSR count). The van der Waals surface area contributed by atoms with Gasteiger partial charge < -0.3 is 9.47 Å². The standard InChI is InChI=1S/C13H25NO2.C12H23NO2/c1-5-6-7-8-9-10-11-12(14(2)3)13(15)16-4;1-5-6-7-8-9-10-11(13(2)3)12(14)15-4/h5,12H,1,6-11H2,2-4H3;5,11H,1,6-10H2,2-4H3/t12-;11-/m00/s1. The van der Waals surface area contributed by atoms with Crippen molar-refractivity contribution in [2.24, 2.45) is 0 Å². The topological polar surface area (TPSA) is 59.1 Å². The number of carbonyl (C=O) groups is 2. The Morgan fingerprint density at radius 3 is 1.29 bits per heavy atom. The number of hydrogen-bond acceptors (Lipinski definition) is 6. The SMILES string of the molecule is C=CCCCCCC[C@@H](C(=O)OC)N(C)C.C=CCCCCC[C@@H](C(=O)OC)N(C)C. The van der Waals surface area contributed by atoms with E-state index in [-0.39, 0.29) is 24.0 Å². The number of methoxy groups -OCH3 is 2. The van der Waals surface area contributed by atoms with Crippen LogP contribution in [0.3, 0.4) is 0 Å². The molecule has 0 amide bonds. The number of esters is 2. The average molecular weight is 441 g/mol. The fraction of sp³-hybridized carbons (Fsp3) is 0.760. The van der Waals surface area contributed by atoms with Gasteiger partial charge >= 0.3 is 11.9 Å². The molecular formula is C25H48N2O4. The van der Waals surface area contributed by atoms with Crippen molar-refractivity contribution in [3.8, 4) is 0 Å². The van der Waals surface area contributed by atoms with Gasteiger partial charge in [-0.25, -0.2) is 0 Å². The molecule has 0 saturated heterocycles. The van der Waals surface area contributed by atoms with Crippen LogP contribution in [0.5, 0.6) is 0 Å². The van der Waals surface area contributed by atoms with Crippen molar-refractivity contribution in [1.29, 1.82) is 0 Å². The minimum atomic E-state index is -0.135. The second-order valence-corrected chi connectivity index (χ2v) is 8.21. The lowest BCUT2D eigenvalue weighted by molar-refractivity contribution is -0.147. The summed E-state index contributed by atoms with van der Waals surface area (Å²) < 4.78 is 9.53. The van der Waals surface area contributed by atoms with Gasteiger partial charge in [0.2, 0.25) is 0 Å². The van der Waals surface area contributed by atoms with Gasteiger partial charge in [-0.05, 0) is 66.7 Å². The molecule has 0 aromatic heterocycles. The van der Waals surface area contributed by atoms with E-state index in [4.69, 9.17) is 9.47 Å². The summed E-state index contributed by atoms with van der Waals surface area (Å²) >= 11 is 0. The summed E-state index contributed by atoms with van der Waals surface area (Å²) in [7, 11) is 10.5. The first-order valence-electron chi connectivity index (χ1n) is 11.5. The van der Waals surface area contributed by atoms with E-state index in [2.05, 4.69) is 13.2 Å². The average Bonchev–Trinajstić information content (AvgIpc) is 2.74. The molecule has 6 heteroatoms. The van der Waals surface area contributed by atoms with Crippen LogP contribution in [0, 0.1) is 0 Å². The third-order valence-corrected chi connectivity index (χ3v) is 5.21. The smallest absolute Gasteiger partial charge is 0.323 e. The first kappa shape index (κ1) is 31.5. The molecule has 0 heterocycles. The molecule has 0 N–H and O–H groups in total. The van der Waals surface area contributed by atoms with E-state index < -0.39 is 0 Å². The number of ether oxygens (including phenoxy) is 2. The molecule has 0 bridgehead atoms. The molecule has 0 aliphatic carbocycles. The fourth-order valence-electron chi connectivity index (χ4n) is 3.23. The maximum atomic E-state index is 11.4. The Bertz CT molecular complexity index is 478. The molecule has 31 heavy (non-hydrogen) atoms. The van der Waals surface area contributed by atoms with E-state index in [0.717, 1.165) is 51.4 Å². The number of nitrogens with zero attached hydrogens (tertiary/aromatic N) is 2. The predicted molar refractivity (Wildman–Crippen MR) is 130 cm³/mol. The molecule has 0 radical (unpaired) electrons. The van der Waals surface area contributed by atoms with Crippen LogP contribution in [0.25, 0.3) is 0 Å². The number of unbranched alkanes of at least 4 members (excludes halogenated alkanes) is 7. The van der Waals surface area contributed by atoms with Crippen molar-refractivity contribution in [1.82, 2.24) is 9.80 Å². The van der Waals surface area contributed by atoms with E-state index in [1.165, 1.54) is 33.5 Å². The normalized spacial score (nSPS) is 12.5. The van der Waals surface area contributed by atoms with Gasteiger partial charge in [0.15, 0.2) is 0 Å². The Kier molecular flexibility index (Phi) is 21.9. The molecule has 0 saturated carbocycles. The largest absolute Gasteiger partial charge is 0.468 e. The van der Waals surface area contributed by atoms with Crippen molar-refractivity contribution >= 4 is 11.9 Å². The third-order valence-electron chi connectivity index (χ3n) is 5.21. The second-order valence-electron chi connectivity index (χ2n) is 8.21. The number of carbonyl (C=O) groups excluding carboxylic acids is 2. The summed E-state index contributed by atoms with van der Waals surface area (Å²) in [6.45, 7) is 7.38. The Labute approximate surface area is 191 Å². The minimum Gasteiger partial charge on any atom is -0.468 e. The summed E-state index contributed by atoms with van der Waals surface area (Å²) in [5, 5.41) is 0. The van der Waals surface area contributed by atoms with Crippen molar-refractivity contribution in [2.45, 2.75) is 82.7 Å². The minimum absolute atomic E-state index is 0.0931. The van der Waals surface area contributed by atoms with Crippen molar-refractivity contribution in [2.75, 3.05) is 42.4 Å². The highest BCUT2D eigenvalue weighted by Crippen LogP contribution is 2.12. The molecule has 0 fully saturated rings. The van der Waals surface area contributed by atoms with Crippen molar-refractivity contribution in [3.05, 3.63) is 25.3 Å². The Hall–Kier alpha value is -1.66. The van der Waals surface area contributed by atoms with Gasteiger partial charge in [0.25, 0.3) is 0 Å². The number of hydrogen-bond donors (Lipinski definition) is 0. The van der Waals surface area contributed by atoms with Crippen LogP contribution in [0.15, 0.2) is 25.3 Å². The van der Waals surface area contributed by atoms with E-state index in [1.807, 2.05) is 50.1 Å². The zero-order valence-corrected chi connectivity index (χ0v) is 21.0. The van der Waals surface area contributed by atoms with Gasteiger partial charge in [0, 0.05) is 0 Å². The van der Waals surface area contributed by atoms with Gasteiger partial charge in [-0.3, -0.25) is 19.4 Å². The van der Waals surface area contributed by atoms with Crippen LogP contribution in [-0.4, -0.2) is 76.2 Å². The van der Waals surface area contributed by atoms with E-state index in [0.29, 0.717) is 0 Å². The zero-order valence-electron chi connectivity index (χ0n) is 21.0. The van der Waals surface area contributed by atoms with Gasteiger partial charge in [-0.2, -0.15) is 0 Å². The van der Waals surface area contributed by atoms with Crippen molar-refractivity contribution in [3.63, 3.8) is 0 Å². The maximum Gasteiger partial charge on any atom is 0.323 e. The Morgan fingerprint density at radius 2 is 1.00 bits per heavy atom. The van der Waals surface area contributed by atoms with Crippen LogP contribution >= 0.6 is 0 Å². The van der Waals surface area contributed by atoms with Crippen LogP contribution in [-0.2, 0) is 19.1 Å². The Balaban J connectivity index is 0. The van der Waals surface area contributed by atoms with Crippen LogP contribution in [0.2, 0.25) is 0 Å². The summed E-state index contributed by atoms with van der Waals surface area (Å²) in [5.41, 5.74) is 0. The van der Waals surface area contributed by atoms with Crippen LogP contribution in [0.1, 0.15) is 70.6 Å². The summed E-state index contributed by atoms with van der Waals surface area (Å²) in [4.78, 5) is 26.7. The van der Waals surface area contributed by atoms with E-state index in [9.17, 15) is 9.59 Å². The van der Waals surface area contributed by atoms with Gasteiger partial charge in [-0.15, -0.1) is 13.2 Å². The third kappa shape index (κ3) is 17.7. The van der Waals surface area contributed by atoms with Gasteiger partial charge in [-0.1, -0.05) is 44.3 Å². The molecular weight excluding hydrogens is 392 g/mol. The van der Waals surface area contributed by atoms with E-state index >= 15 is 0 Å². The lowest BCUT2D eigenvalue weighted by Crippen LogP contribution is -2.36. The first-order chi connectivity index (χ1) is 14.8. The zero-order chi connectivity index (χ0) is 24.1. The molecule has 0 spiro atoms. The number of likely N-dealkylation sites (N-methyl/N-ethyl adjacent to an activating group) is 2. The highest BCUT2D eigenvalue weighted by atomic mass is 16.5. The molecule has 2 atom stereocenters. The molecule has 0 aliphatic rings. The summed E-state index contributed by atoms with van der Waals surface area (Å²) in [6, 6.07) is -0.192. The molecule has 0 aromatic carbocycles. The van der Waals surface area contributed by atoms with Gasteiger partial charge in [0.05, 0.1) is 14.2 Å². The fourth-order valence-corrected chi connectivity index (χ4v) is 3.23. The predicted octanol–water partition coefficient (Wildman–Crippen LogP) is 4.84. The molecule has 6 nitrogen and oxygen atoms in total. The molecule has 182 valence electrons. The Morgan fingerprint density at radius 1 is 0.677 bits per heavy atom. The second kappa shape index (κ2) is 21.6. The molecule has 0 aliphatic heterocycles. The van der Waals surface area contributed by atoms with Crippen molar-refractivity contribution < 1.29 is 19.1 Å². The van der Waals surface area contributed by atoms with Gasteiger partial charge in [0.1, 0.15) is 12.1 Å². The number of rotatable bonds is 17. The maximum absolute atomic E-state index is 11.4. The number of allylic oxidation sites excluding steroid dienone is 2. The lowest BCUT2D eigenvalue weighted by atomic mass is 10.1. The first-order valence-corrected chi connectivity index (χ1v) is 11.5. The highest BCUT2D eigenvalue weighted by Gasteiger charge is 2.21. The monoisotopic (exact) mass is 440 g/mol. The van der Waals surface area contributed by atoms with Crippen LogP contribution in [0.4, 0.5) is 0 Å².